The molecule has 1 aromatic heterocycles. The molecular formula is C31H26N4O4S. The third-order valence-corrected chi connectivity index (χ3v) is 8.27. The van der Waals surface area contributed by atoms with E-state index >= 15 is 0 Å². The highest BCUT2D eigenvalue weighted by Crippen LogP contribution is 2.27. The number of hydrogen-bond donors (Lipinski definition) is 0. The van der Waals surface area contributed by atoms with Crippen LogP contribution in [0, 0.1) is 0 Å². The molecular weight excluding hydrogens is 524 g/mol. The van der Waals surface area contributed by atoms with E-state index in [0.717, 1.165) is 16.3 Å². The maximum absolute atomic E-state index is 13.6. The number of aromatic nitrogens is 2. The van der Waals surface area contributed by atoms with Gasteiger partial charge < -0.3 is 4.90 Å². The molecule has 0 radical (unpaired) electrons. The predicted octanol–water partition coefficient (Wildman–Crippen LogP) is 5.26. The van der Waals surface area contributed by atoms with Crippen LogP contribution >= 0.6 is 0 Å². The highest BCUT2D eigenvalue weighted by Gasteiger charge is 2.25. The number of benzene rings is 4. The molecule has 0 bridgehead atoms. The maximum atomic E-state index is 13.6. The van der Waals surface area contributed by atoms with Gasteiger partial charge in [0.25, 0.3) is 10.0 Å². The molecule has 0 saturated heterocycles. The molecule has 0 unspecified atom stereocenters. The number of carbonyl (C=O) groups excluding carboxylic acids is 2. The number of sulfonamides is 1. The molecule has 0 fully saturated rings. The van der Waals surface area contributed by atoms with Crippen LogP contribution in [0.5, 0.6) is 0 Å². The Kier molecular flexibility index (Phi) is 7.65. The zero-order chi connectivity index (χ0) is 28.1. The van der Waals surface area contributed by atoms with Gasteiger partial charge in [-0.05, 0) is 58.8 Å². The van der Waals surface area contributed by atoms with Crippen molar-refractivity contribution in [2.75, 3.05) is 16.3 Å². The number of nitrogens with zero attached hydrogens (tertiary/aromatic N) is 4. The van der Waals surface area contributed by atoms with Gasteiger partial charge in [-0.15, -0.1) is 0 Å². The minimum atomic E-state index is -3.93. The first-order chi connectivity index (χ1) is 19.3. The highest BCUT2D eigenvalue weighted by atomic mass is 32.2. The fourth-order valence-corrected chi connectivity index (χ4v) is 5.58. The molecule has 0 N–H and O–H groups in total. The van der Waals surface area contributed by atoms with Gasteiger partial charge in [0.15, 0.2) is 5.82 Å². The number of ketones is 1. The van der Waals surface area contributed by atoms with Gasteiger partial charge in [-0.2, -0.15) is 0 Å². The van der Waals surface area contributed by atoms with Crippen molar-refractivity contribution in [2.24, 2.45) is 0 Å². The Bertz CT molecular complexity index is 1780. The molecule has 40 heavy (non-hydrogen) atoms. The van der Waals surface area contributed by atoms with Crippen molar-refractivity contribution in [3.63, 3.8) is 0 Å². The lowest BCUT2D eigenvalue weighted by Gasteiger charge is -2.25. The van der Waals surface area contributed by atoms with Crippen LogP contribution in [-0.2, 0) is 21.4 Å². The van der Waals surface area contributed by atoms with Crippen molar-refractivity contribution in [1.29, 1.82) is 0 Å². The fourth-order valence-electron chi connectivity index (χ4n) is 4.34. The molecule has 4 aromatic carbocycles. The second-order valence-corrected chi connectivity index (χ2v) is 11.1. The van der Waals surface area contributed by atoms with E-state index in [2.05, 4.69) is 9.97 Å². The average Bonchev–Trinajstić information content (AvgIpc) is 3.00. The zero-order valence-electron chi connectivity index (χ0n) is 21.7. The lowest BCUT2D eigenvalue weighted by Crippen LogP contribution is -2.33. The summed E-state index contributed by atoms with van der Waals surface area (Å²) in [5, 5.41) is 2.06. The van der Waals surface area contributed by atoms with Crippen LogP contribution in [0.4, 0.5) is 11.4 Å². The normalized spacial score (nSPS) is 11.2. The molecule has 1 heterocycles. The van der Waals surface area contributed by atoms with E-state index in [-0.39, 0.29) is 17.3 Å². The molecule has 8 nitrogen and oxygen atoms in total. The van der Waals surface area contributed by atoms with E-state index < -0.39 is 28.1 Å². The Hall–Kier alpha value is -4.89. The number of anilines is 2. The summed E-state index contributed by atoms with van der Waals surface area (Å²) >= 11 is 0. The third-order valence-electron chi connectivity index (χ3n) is 6.49. The highest BCUT2D eigenvalue weighted by molar-refractivity contribution is 7.92. The monoisotopic (exact) mass is 550 g/mol. The number of carbonyl (C=O) groups is 2. The molecule has 200 valence electrons. The van der Waals surface area contributed by atoms with E-state index in [1.54, 1.807) is 42.5 Å². The van der Waals surface area contributed by atoms with Gasteiger partial charge in [-0.25, -0.2) is 18.4 Å². The Morgan fingerprint density at radius 3 is 2.15 bits per heavy atom. The van der Waals surface area contributed by atoms with Crippen molar-refractivity contribution in [3.05, 3.63) is 127 Å². The molecule has 0 aliphatic carbocycles. The molecule has 0 saturated carbocycles. The van der Waals surface area contributed by atoms with Crippen LogP contribution in [0.15, 0.2) is 120 Å². The SMILES string of the molecule is CN(c1ccccc1)S(=O)(=O)c1cccc(N(Cc2ccc3ccccc3c2)C(=O)CC(=O)c2ncccn2)c1. The van der Waals surface area contributed by atoms with Crippen molar-refractivity contribution in [1.82, 2.24) is 9.97 Å². The molecule has 0 aliphatic rings. The van der Waals surface area contributed by atoms with Crippen LogP contribution < -0.4 is 9.21 Å². The van der Waals surface area contributed by atoms with Crippen LogP contribution in [0.2, 0.25) is 0 Å². The minimum absolute atomic E-state index is 0.0189. The van der Waals surface area contributed by atoms with Crippen molar-refractivity contribution < 1.29 is 18.0 Å². The molecule has 1 amide bonds. The predicted molar refractivity (Wildman–Crippen MR) is 155 cm³/mol. The smallest absolute Gasteiger partial charge is 0.264 e. The lowest BCUT2D eigenvalue weighted by molar-refractivity contribution is -0.117. The zero-order valence-corrected chi connectivity index (χ0v) is 22.5. The summed E-state index contributed by atoms with van der Waals surface area (Å²) in [6.45, 7) is 0.130. The van der Waals surface area contributed by atoms with Crippen LogP contribution in [-0.4, -0.2) is 37.1 Å². The lowest BCUT2D eigenvalue weighted by atomic mass is 10.1. The van der Waals surface area contributed by atoms with Gasteiger partial charge in [0.1, 0.15) is 0 Å². The van der Waals surface area contributed by atoms with Crippen molar-refractivity contribution in [2.45, 2.75) is 17.9 Å². The number of hydrogen-bond acceptors (Lipinski definition) is 6. The molecule has 0 spiro atoms. The topological polar surface area (TPSA) is 101 Å². The third kappa shape index (κ3) is 5.74. The van der Waals surface area contributed by atoms with Gasteiger partial charge in [-0.3, -0.25) is 13.9 Å². The number of fused-ring (bicyclic) bond motifs is 1. The minimum Gasteiger partial charge on any atom is -0.308 e. The van der Waals surface area contributed by atoms with Crippen LogP contribution in [0.25, 0.3) is 10.8 Å². The summed E-state index contributed by atoms with van der Waals surface area (Å²) in [7, 11) is -2.45. The van der Waals surface area contributed by atoms with E-state index in [1.165, 1.54) is 40.8 Å². The first kappa shape index (κ1) is 26.7. The van der Waals surface area contributed by atoms with E-state index in [1.807, 2.05) is 48.5 Å². The number of para-hydroxylation sites is 1. The fraction of sp³-hybridized carbons (Fsp3) is 0.0968. The average molecular weight is 551 g/mol. The molecule has 5 aromatic rings. The van der Waals surface area contributed by atoms with Crippen molar-refractivity contribution in [3.8, 4) is 0 Å². The second kappa shape index (κ2) is 11.5. The maximum Gasteiger partial charge on any atom is 0.264 e. The summed E-state index contributed by atoms with van der Waals surface area (Å²) in [5.41, 5.74) is 1.68. The number of Topliss-reactive ketones (excluding diaryl/α,β-unsaturated/α-hetero) is 1. The number of rotatable bonds is 9. The molecule has 9 heteroatoms. The Balaban J connectivity index is 1.50. The van der Waals surface area contributed by atoms with Gasteiger partial charge >= 0.3 is 0 Å². The largest absolute Gasteiger partial charge is 0.308 e. The Morgan fingerprint density at radius 2 is 1.40 bits per heavy atom. The summed E-state index contributed by atoms with van der Waals surface area (Å²) in [6.07, 6.45) is 2.41. The number of amides is 1. The summed E-state index contributed by atoms with van der Waals surface area (Å²) in [4.78, 5) is 35.8. The summed E-state index contributed by atoms with van der Waals surface area (Å²) in [5.74, 6) is -1.08. The summed E-state index contributed by atoms with van der Waals surface area (Å²) in [6, 6.07) is 30.2. The first-order valence-corrected chi connectivity index (χ1v) is 14.0. The van der Waals surface area contributed by atoms with E-state index in [4.69, 9.17) is 0 Å². The second-order valence-electron chi connectivity index (χ2n) is 9.14. The van der Waals surface area contributed by atoms with Gasteiger partial charge in [-0.1, -0.05) is 60.7 Å². The molecule has 5 rings (SSSR count). The Labute approximate surface area is 232 Å². The van der Waals surface area contributed by atoms with Gasteiger partial charge in [0.2, 0.25) is 11.7 Å². The standard InChI is InChI=1S/C31H26N4O4S/c1-34(26-11-3-2-4-12-26)40(38,39)28-14-7-13-27(20-28)35(30(37)21-29(36)31-32-17-8-18-33-31)22-23-15-16-24-9-5-6-10-25(24)19-23/h2-20H,21-22H2,1H3. The van der Waals surface area contributed by atoms with E-state index in [0.29, 0.717) is 11.4 Å². The molecule has 0 atom stereocenters. The van der Waals surface area contributed by atoms with E-state index in [9.17, 15) is 18.0 Å². The van der Waals surface area contributed by atoms with Gasteiger partial charge in [0, 0.05) is 25.1 Å². The van der Waals surface area contributed by atoms with Crippen LogP contribution in [0.1, 0.15) is 22.6 Å². The first-order valence-electron chi connectivity index (χ1n) is 12.6. The van der Waals surface area contributed by atoms with Crippen molar-refractivity contribution >= 4 is 43.9 Å². The Morgan fingerprint density at radius 1 is 0.725 bits per heavy atom. The van der Waals surface area contributed by atoms with Crippen LogP contribution in [0.3, 0.4) is 0 Å². The molecule has 0 aliphatic heterocycles. The van der Waals surface area contributed by atoms with Gasteiger partial charge in [0.05, 0.1) is 23.5 Å². The quantitative estimate of drug-likeness (QED) is 0.183. The summed E-state index contributed by atoms with van der Waals surface area (Å²) < 4.78 is 28.2.